The van der Waals surface area contributed by atoms with E-state index in [-0.39, 0.29) is 6.61 Å². The Hall–Kier alpha value is -3.70. The highest BCUT2D eigenvalue weighted by atomic mass is 19.4. The normalized spacial score (nSPS) is 14.6. The van der Waals surface area contributed by atoms with Crippen LogP contribution < -0.4 is 10.6 Å². The second-order valence-electron chi connectivity index (χ2n) is 7.87. The van der Waals surface area contributed by atoms with Gasteiger partial charge >= 0.3 is 18.2 Å². The summed E-state index contributed by atoms with van der Waals surface area (Å²) in [4.78, 5) is 34.7. The first-order valence-electron chi connectivity index (χ1n) is 10.4. The third kappa shape index (κ3) is 6.46. The standard InChI is InChI=1S/C23H21F5N2O5/c24-21(25)17(9-20(32)33)29-19(31)10-18(23(26,27)28)30-22(34)35-11-16-14-7-3-1-5-12(14)13-6-2-4-8-15(13)16/h1-8,16-18,21H,9-11H2,(H,29,31)(H,30,34)(H,32,33). The van der Waals surface area contributed by atoms with Crippen molar-refractivity contribution >= 4 is 18.0 Å². The molecule has 12 heteroatoms. The Kier molecular flexibility index (Phi) is 7.92. The van der Waals surface area contributed by atoms with Gasteiger partial charge in [0.05, 0.1) is 12.8 Å². The number of halogens is 5. The SMILES string of the molecule is O=C(O)CC(NC(=O)CC(NC(=O)OCC1c2ccccc2-c2ccccc21)C(F)(F)F)C(F)F. The molecule has 3 N–H and O–H groups in total. The molecule has 0 bridgehead atoms. The highest BCUT2D eigenvalue weighted by Crippen LogP contribution is 2.44. The number of nitrogens with one attached hydrogen (secondary N) is 2. The lowest BCUT2D eigenvalue weighted by atomic mass is 9.98. The van der Waals surface area contributed by atoms with Crippen molar-refractivity contribution in [3.8, 4) is 11.1 Å². The number of aliphatic carboxylic acids is 1. The zero-order valence-electron chi connectivity index (χ0n) is 18.0. The summed E-state index contributed by atoms with van der Waals surface area (Å²) in [6.45, 7) is -0.275. The Morgan fingerprint density at radius 2 is 1.46 bits per heavy atom. The van der Waals surface area contributed by atoms with Crippen molar-refractivity contribution in [3.05, 3.63) is 59.7 Å². The quantitative estimate of drug-likeness (QED) is 0.451. The van der Waals surface area contributed by atoms with Gasteiger partial charge in [-0.2, -0.15) is 13.2 Å². The minimum Gasteiger partial charge on any atom is -0.481 e. The van der Waals surface area contributed by atoms with Gasteiger partial charge in [0.15, 0.2) is 0 Å². The molecule has 0 aliphatic heterocycles. The van der Waals surface area contributed by atoms with Crippen molar-refractivity contribution in [2.24, 2.45) is 0 Å². The minimum atomic E-state index is -5.10. The zero-order chi connectivity index (χ0) is 25.8. The van der Waals surface area contributed by atoms with Gasteiger partial charge in [0, 0.05) is 5.92 Å². The second-order valence-corrected chi connectivity index (χ2v) is 7.87. The Morgan fingerprint density at radius 3 is 1.94 bits per heavy atom. The first-order chi connectivity index (χ1) is 16.5. The molecule has 1 aliphatic rings. The molecule has 2 aromatic carbocycles. The van der Waals surface area contributed by atoms with Crippen LogP contribution in [0.25, 0.3) is 11.1 Å². The number of benzene rings is 2. The fourth-order valence-electron chi connectivity index (χ4n) is 3.87. The number of carbonyl (C=O) groups is 3. The maximum Gasteiger partial charge on any atom is 0.409 e. The van der Waals surface area contributed by atoms with Gasteiger partial charge in [0.2, 0.25) is 5.91 Å². The lowest BCUT2D eigenvalue weighted by Gasteiger charge is -2.23. The van der Waals surface area contributed by atoms with Crippen LogP contribution in [0.4, 0.5) is 26.7 Å². The molecule has 7 nitrogen and oxygen atoms in total. The van der Waals surface area contributed by atoms with Crippen LogP contribution in [0.15, 0.2) is 48.5 Å². The molecule has 2 atom stereocenters. The van der Waals surface area contributed by atoms with Crippen LogP contribution in [0.5, 0.6) is 0 Å². The zero-order valence-corrected chi connectivity index (χ0v) is 18.0. The van der Waals surface area contributed by atoms with E-state index in [1.807, 2.05) is 36.4 Å². The van der Waals surface area contributed by atoms with Crippen molar-refractivity contribution in [2.45, 2.75) is 43.4 Å². The first kappa shape index (κ1) is 25.9. The van der Waals surface area contributed by atoms with E-state index in [0.717, 1.165) is 22.3 Å². The molecular weight excluding hydrogens is 479 g/mol. The summed E-state index contributed by atoms with van der Waals surface area (Å²) in [6, 6.07) is 9.72. The summed E-state index contributed by atoms with van der Waals surface area (Å²) >= 11 is 0. The third-order valence-electron chi connectivity index (χ3n) is 5.47. The number of hydrogen-bond donors (Lipinski definition) is 3. The number of alkyl halides is 5. The van der Waals surface area contributed by atoms with Gasteiger partial charge in [0.1, 0.15) is 18.7 Å². The van der Waals surface area contributed by atoms with E-state index < -0.39 is 61.4 Å². The Morgan fingerprint density at radius 1 is 0.914 bits per heavy atom. The number of carbonyl (C=O) groups excluding carboxylic acids is 2. The van der Waals surface area contributed by atoms with E-state index in [2.05, 4.69) is 0 Å². The summed E-state index contributed by atoms with van der Waals surface area (Å²) < 4.78 is 71.0. The van der Waals surface area contributed by atoms with Crippen LogP contribution >= 0.6 is 0 Å². The van der Waals surface area contributed by atoms with E-state index in [1.165, 1.54) is 0 Å². The summed E-state index contributed by atoms with van der Waals surface area (Å²) in [5.41, 5.74) is 3.50. The number of alkyl carbamates (subject to hydrolysis) is 1. The average molecular weight is 500 g/mol. The number of carboxylic acid groups (broad SMARTS) is 1. The Labute approximate surface area is 196 Å². The third-order valence-corrected chi connectivity index (χ3v) is 5.47. The summed E-state index contributed by atoms with van der Waals surface area (Å²) in [7, 11) is 0. The van der Waals surface area contributed by atoms with Crippen molar-refractivity contribution in [3.63, 3.8) is 0 Å². The maximum atomic E-state index is 13.4. The molecule has 3 rings (SSSR count). The van der Waals surface area contributed by atoms with Gasteiger partial charge in [-0.3, -0.25) is 9.59 Å². The number of carboxylic acids is 1. The number of ether oxygens (including phenoxy) is 1. The van der Waals surface area contributed by atoms with E-state index in [1.54, 1.807) is 22.8 Å². The number of rotatable bonds is 9. The topological polar surface area (TPSA) is 105 Å². The van der Waals surface area contributed by atoms with Crippen LogP contribution in [0.3, 0.4) is 0 Å². The fourth-order valence-corrected chi connectivity index (χ4v) is 3.87. The first-order valence-corrected chi connectivity index (χ1v) is 10.4. The molecule has 1 aliphatic carbocycles. The van der Waals surface area contributed by atoms with E-state index in [9.17, 15) is 36.3 Å². The molecule has 0 radical (unpaired) electrons. The van der Waals surface area contributed by atoms with Crippen LogP contribution in [0, 0.1) is 0 Å². The largest absolute Gasteiger partial charge is 0.481 e. The lowest BCUT2D eigenvalue weighted by Crippen LogP contribution is -2.50. The molecule has 0 aromatic heterocycles. The molecule has 2 amide bonds. The molecule has 0 saturated carbocycles. The number of amides is 2. The van der Waals surface area contributed by atoms with Crippen molar-refractivity contribution in [1.29, 1.82) is 0 Å². The summed E-state index contributed by atoms with van der Waals surface area (Å²) in [6.07, 6.45) is -12.5. The van der Waals surface area contributed by atoms with Gasteiger partial charge in [-0.25, -0.2) is 13.6 Å². The van der Waals surface area contributed by atoms with Crippen LogP contribution in [0.1, 0.15) is 29.9 Å². The van der Waals surface area contributed by atoms with Gasteiger partial charge in [-0.05, 0) is 22.3 Å². The van der Waals surface area contributed by atoms with Crippen LogP contribution in [0.2, 0.25) is 0 Å². The molecule has 0 saturated heterocycles. The predicted molar refractivity (Wildman–Crippen MR) is 113 cm³/mol. The van der Waals surface area contributed by atoms with E-state index >= 15 is 0 Å². The van der Waals surface area contributed by atoms with Gasteiger partial charge in [0.25, 0.3) is 6.43 Å². The highest BCUT2D eigenvalue weighted by molar-refractivity contribution is 5.80. The molecule has 188 valence electrons. The molecule has 0 fully saturated rings. The van der Waals surface area contributed by atoms with Gasteiger partial charge in [-0.15, -0.1) is 0 Å². The molecule has 2 aromatic rings. The minimum absolute atomic E-state index is 0.275. The predicted octanol–water partition coefficient (Wildman–Crippen LogP) is 4.07. The number of hydrogen-bond acceptors (Lipinski definition) is 4. The summed E-state index contributed by atoms with van der Waals surface area (Å²) in [5.74, 6) is -3.58. The van der Waals surface area contributed by atoms with Gasteiger partial charge < -0.3 is 20.5 Å². The Balaban J connectivity index is 1.64. The van der Waals surface area contributed by atoms with Crippen molar-refractivity contribution in [1.82, 2.24) is 10.6 Å². The average Bonchev–Trinajstić information content (AvgIpc) is 3.09. The summed E-state index contributed by atoms with van der Waals surface area (Å²) in [5, 5.41) is 11.7. The molecule has 0 heterocycles. The fraction of sp³-hybridized carbons (Fsp3) is 0.348. The lowest BCUT2D eigenvalue weighted by molar-refractivity contribution is -0.161. The van der Waals surface area contributed by atoms with Gasteiger partial charge in [-0.1, -0.05) is 48.5 Å². The highest BCUT2D eigenvalue weighted by Gasteiger charge is 2.43. The van der Waals surface area contributed by atoms with Crippen molar-refractivity contribution in [2.75, 3.05) is 6.61 Å². The molecule has 0 spiro atoms. The Bertz CT molecular complexity index is 1050. The van der Waals surface area contributed by atoms with Crippen LogP contribution in [-0.4, -0.2) is 54.4 Å². The second kappa shape index (κ2) is 10.7. The monoisotopic (exact) mass is 500 g/mol. The molecule has 35 heavy (non-hydrogen) atoms. The molecular formula is C23H21F5N2O5. The van der Waals surface area contributed by atoms with Crippen LogP contribution in [-0.2, 0) is 14.3 Å². The smallest absolute Gasteiger partial charge is 0.409 e. The van der Waals surface area contributed by atoms with Crippen molar-refractivity contribution < 1.29 is 46.2 Å². The number of fused-ring (bicyclic) bond motifs is 3. The maximum absolute atomic E-state index is 13.4. The molecule has 2 unspecified atom stereocenters. The van der Waals surface area contributed by atoms with E-state index in [0.29, 0.717) is 0 Å². The van der Waals surface area contributed by atoms with E-state index in [4.69, 9.17) is 9.84 Å².